The van der Waals surface area contributed by atoms with E-state index in [1.54, 1.807) is 0 Å². The van der Waals surface area contributed by atoms with Gasteiger partial charge in [0.15, 0.2) is 0 Å². The predicted molar refractivity (Wildman–Crippen MR) is 86.0 cm³/mol. The van der Waals surface area contributed by atoms with Crippen LogP contribution in [0.3, 0.4) is 0 Å². The van der Waals surface area contributed by atoms with Crippen molar-refractivity contribution in [2.45, 2.75) is 89.6 Å². The Kier molecular flexibility index (Phi) is 5.04. The van der Waals surface area contributed by atoms with E-state index in [2.05, 4.69) is 17.1 Å². The van der Waals surface area contributed by atoms with Gasteiger partial charge in [0.25, 0.3) is 0 Å². The Labute approximate surface area is 125 Å². The van der Waals surface area contributed by atoms with Crippen LogP contribution in [0.1, 0.15) is 77.6 Å². The summed E-state index contributed by atoms with van der Waals surface area (Å²) in [5, 5.41) is 3.86. The van der Waals surface area contributed by atoms with Crippen LogP contribution in [0.15, 0.2) is 0 Å². The van der Waals surface area contributed by atoms with Crippen LogP contribution >= 0.6 is 0 Å². The summed E-state index contributed by atoms with van der Waals surface area (Å²) in [4.78, 5) is 2.86. The van der Waals surface area contributed by atoms with Crippen molar-refractivity contribution in [2.75, 3.05) is 19.6 Å². The van der Waals surface area contributed by atoms with Crippen LogP contribution in [0.5, 0.6) is 0 Å². The molecule has 0 atom stereocenters. The van der Waals surface area contributed by atoms with Gasteiger partial charge >= 0.3 is 0 Å². The van der Waals surface area contributed by atoms with Crippen LogP contribution in [-0.2, 0) is 0 Å². The molecule has 116 valence electrons. The Hall–Kier alpha value is -0.0800. The molecule has 3 saturated carbocycles. The highest BCUT2D eigenvalue weighted by atomic mass is 15.2. The second kappa shape index (κ2) is 6.79. The Bertz CT molecular complexity index is 288. The van der Waals surface area contributed by atoms with E-state index in [-0.39, 0.29) is 0 Å². The van der Waals surface area contributed by atoms with E-state index in [0.29, 0.717) is 5.41 Å². The van der Waals surface area contributed by atoms with E-state index in [1.807, 2.05) is 0 Å². The number of hydrogen-bond donors (Lipinski definition) is 1. The molecule has 0 spiro atoms. The summed E-state index contributed by atoms with van der Waals surface area (Å²) in [6.45, 7) is 6.37. The summed E-state index contributed by atoms with van der Waals surface area (Å²) in [7, 11) is 0. The van der Waals surface area contributed by atoms with Crippen LogP contribution in [0.4, 0.5) is 0 Å². The van der Waals surface area contributed by atoms with Crippen LogP contribution < -0.4 is 5.32 Å². The first-order valence-electron chi connectivity index (χ1n) is 9.29. The lowest BCUT2D eigenvalue weighted by Crippen LogP contribution is -2.46. The highest BCUT2D eigenvalue weighted by Gasteiger charge is 2.39. The van der Waals surface area contributed by atoms with Crippen LogP contribution in [0, 0.1) is 5.41 Å². The molecular formula is C18H34N2. The Morgan fingerprint density at radius 2 is 1.80 bits per heavy atom. The lowest BCUT2D eigenvalue weighted by molar-refractivity contribution is 0.0957. The molecule has 2 nitrogen and oxygen atoms in total. The minimum absolute atomic E-state index is 0.608. The zero-order valence-corrected chi connectivity index (χ0v) is 13.5. The van der Waals surface area contributed by atoms with Gasteiger partial charge in [-0.25, -0.2) is 0 Å². The van der Waals surface area contributed by atoms with E-state index >= 15 is 0 Å². The van der Waals surface area contributed by atoms with Gasteiger partial charge in [-0.2, -0.15) is 0 Å². The Morgan fingerprint density at radius 1 is 1.05 bits per heavy atom. The SMILES string of the molecule is CCCCN(CC1(CNC2CC2)CCCCC1)C1CC1. The number of hydrogen-bond acceptors (Lipinski definition) is 2. The van der Waals surface area contributed by atoms with Crippen molar-refractivity contribution in [3.05, 3.63) is 0 Å². The molecule has 2 heteroatoms. The molecule has 3 aliphatic carbocycles. The topological polar surface area (TPSA) is 15.3 Å². The maximum absolute atomic E-state index is 3.86. The highest BCUT2D eigenvalue weighted by Crippen LogP contribution is 2.40. The molecule has 0 bridgehead atoms. The maximum atomic E-state index is 3.86. The third-order valence-corrected chi connectivity index (χ3v) is 5.66. The second-order valence-corrected chi connectivity index (χ2v) is 7.77. The van der Waals surface area contributed by atoms with E-state index in [4.69, 9.17) is 0 Å². The molecule has 1 N–H and O–H groups in total. The fraction of sp³-hybridized carbons (Fsp3) is 1.00. The summed E-state index contributed by atoms with van der Waals surface area (Å²) < 4.78 is 0. The molecule has 0 aromatic rings. The minimum Gasteiger partial charge on any atom is -0.313 e. The van der Waals surface area contributed by atoms with Gasteiger partial charge in [-0.05, 0) is 56.9 Å². The van der Waals surface area contributed by atoms with E-state index in [9.17, 15) is 0 Å². The lowest BCUT2D eigenvalue weighted by Gasteiger charge is -2.42. The third kappa shape index (κ3) is 4.21. The predicted octanol–water partition coefficient (Wildman–Crippen LogP) is 3.95. The third-order valence-electron chi connectivity index (χ3n) is 5.66. The number of unbranched alkanes of at least 4 members (excludes halogenated alkanes) is 1. The fourth-order valence-electron chi connectivity index (χ4n) is 3.96. The summed E-state index contributed by atoms with van der Waals surface area (Å²) >= 11 is 0. The minimum atomic E-state index is 0.608. The summed E-state index contributed by atoms with van der Waals surface area (Å²) in [5.74, 6) is 0. The Morgan fingerprint density at radius 3 is 2.40 bits per heavy atom. The molecule has 0 aromatic carbocycles. The van der Waals surface area contributed by atoms with Gasteiger partial charge in [-0.1, -0.05) is 32.6 Å². The summed E-state index contributed by atoms with van der Waals surface area (Å²) in [6.07, 6.45) is 15.9. The van der Waals surface area contributed by atoms with Crippen LogP contribution in [0.2, 0.25) is 0 Å². The van der Waals surface area contributed by atoms with Crippen LogP contribution in [0.25, 0.3) is 0 Å². The normalized spacial score (nSPS) is 26.1. The molecule has 0 saturated heterocycles. The average Bonchev–Trinajstić information content (AvgIpc) is 3.36. The van der Waals surface area contributed by atoms with Crippen molar-refractivity contribution in [2.24, 2.45) is 5.41 Å². The molecule has 0 radical (unpaired) electrons. The van der Waals surface area contributed by atoms with E-state index in [1.165, 1.54) is 90.3 Å². The molecule has 3 rings (SSSR count). The quantitative estimate of drug-likeness (QED) is 0.687. The van der Waals surface area contributed by atoms with Crippen molar-refractivity contribution >= 4 is 0 Å². The van der Waals surface area contributed by atoms with Gasteiger partial charge in [0.05, 0.1) is 0 Å². The van der Waals surface area contributed by atoms with Crippen molar-refractivity contribution < 1.29 is 0 Å². The summed E-state index contributed by atoms with van der Waals surface area (Å²) in [6, 6.07) is 1.82. The number of nitrogens with zero attached hydrogens (tertiary/aromatic N) is 1. The molecule has 0 amide bonds. The number of rotatable bonds is 9. The van der Waals surface area contributed by atoms with Crippen molar-refractivity contribution in [3.8, 4) is 0 Å². The van der Waals surface area contributed by atoms with Gasteiger partial charge < -0.3 is 5.32 Å². The maximum Gasteiger partial charge on any atom is 0.00966 e. The lowest BCUT2D eigenvalue weighted by atomic mass is 9.73. The van der Waals surface area contributed by atoms with Gasteiger partial charge in [0.1, 0.15) is 0 Å². The monoisotopic (exact) mass is 278 g/mol. The first-order valence-corrected chi connectivity index (χ1v) is 9.29. The number of nitrogens with one attached hydrogen (secondary N) is 1. The van der Waals surface area contributed by atoms with Crippen molar-refractivity contribution in [1.82, 2.24) is 10.2 Å². The highest BCUT2D eigenvalue weighted by molar-refractivity contribution is 4.94. The molecule has 3 aliphatic rings. The van der Waals surface area contributed by atoms with Gasteiger partial charge in [0, 0.05) is 25.2 Å². The molecule has 0 unspecified atom stereocenters. The zero-order chi connectivity index (χ0) is 13.8. The zero-order valence-electron chi connectivity index (χ0n) is 13.5. The standard InChI is InChI=1S/C18H34N2/c1-2-3-13-20(17-9-10-17)15-18(11-5-4-6-12-18)14-19-16-7-8-16/h16-17,19H,2-15H2,1H3. The summed E-state index contributed by atoms with van der Waals surface area (Å²) in [5.41, 5.74) is 0.608. The fourth-order valence-corrected chi connectivity index (χ4v) is 3.96. The average molecular weight is 278 g/mol. The van der Waals surface area contributed by atoms with E-state index in [0.717, 1.165) is 12.1 Å². The molecule has 3 fully saturated rings. The van der Waals surface area contributed by atoms with Crippen molar-refractivity contribution in [3.63, 3.8) is 0 Å². The largest absolute Gasteiger partial charge is 0.313 e. The first-order chi connectivity index (χ1) is 9.81. The molecule has 20 heavy (non-hydrogen) atoms. The molecule has 0 aromatic heterocycles. The van der Waals surface area contributed by atoms with Gasteiger partial charge in [0.2, 0.25) is 0 Å². The molecule has 0 heterocycles. The smallest absolute Gasteiger partial charge is 0.00966 e. The van der Waals surface area contributed by atoms with Crippen LogP contribution in [-0.4, -0.2) is 36.6 Å². The van der Waals surface area contributed by atoms with Gasteiger partial charge in [-0.3, -0.25) is 4.90 Å². The van der Waals surface area contributed by atoms with Crippen molar-refractivity contribution in [1.29, 1.82) is 0 Å². The second-order valence-electron chi connectivity index (χ2n) is 7.77. The molecular weight excluding hydrogens is 244 g/mol. The van der Waals surface area contributed by atoms with E-state index < -0.39 is 0 Å². The van der Waals surface area contributed by atoms with Gasteiger partial charge in [-0.15, -0.1) is 0 Å². The Balaban J connectivity index is 1.57. The molecule has 0 aliphatic heterocycles. The first kappa shape index (κ1) is 14.8.